The fraction of sp³-hybridized carbons (Fsp3) is 0.364. The molecule has 0 bridgehead atoms. The largest absolute Gasteiger partial charge is 0.480 e. The fourth-order valence-corrected chi connectivity index (χ4v) is 2.51. The first-order valence-electron chi connectivity index (χ1n) is 5.17. The first-order chi connectivity index (χ1) is 8.34. The Morgan fingerprint density at radius 2 is 2.17 bits per heavy atom. The average molecular weight is 271 g/mol. The van der Waals surface area contributed by atoms with Crippen molar-refractivity contribution < 1.29 is 19.0 Å². The lowest BCUT2D eigenvalue weighted by molar-refractivity contribution is -0.385. The molecule has 7 heteroatoms. The van der Waals surface area contributed by atoms with Crippen LogP contribution in [-0.2, 0) is 21.3 Å². The van der Waals surface area contributed by atoms with Crippen LogP contribution in [0.4, 0.5) is 5.69 Å². The highest BCUT2D eigenvalue weighted by atomic mass is 32.2. The molecule has 0 aliphatic carbocycles. The van der Waals surface area contributed by atoms with E-state index in [0.29, 0.717) is 11.1 Å². The van der Waals surface area contributed by atoms with Crippen LogP contribution in [0.3, 0.4) is 0 Å². The molecule has 0 aliphatic heterocycles. The maximum Gasteiger partial charge on any atom is 0.318 e. The topological polar surface area (TPSA) is 97.5 Å². The minimum Gasteiger partial charge on any atom is -0.480 e. The Morgan fingerprint density at radius 1 is 1.56 bits per heavy atom. The van der Waals surface area contributed by atoms with Gasteiger partial charge in [-0.3, -0.25) is 19.1 Å². The summed E-state index contributed by atoms with van der Waals surface area (Å²) in [6.07, 6.45) is 0. The van der Waals surface area contributed by atoms with Gasteiger partial charge in [0.25, 0.3) is 5.69 Å². The summed E-state index contributed by atoms with van der Waals surface area (Å²) in [5.41, 5.74) is 0.913. The molecule has 0 radical (unpaired) electrons. The minimum atomic E-state index is -1.60. The molecule has 0 spiro atoms. The predicted octanol–water partition coefficient (Wildman–Crippen LogP) is 1.63. The van der Waals surface area contributed by atoms with Crippen LogP contribution in [0.1, 0.15) is 18.1 Å². The van der Waals surface area contributed by atoms with Crippen molar-refractivity contribution in [2.24, 2.45) is 0 Å². The van der Waals surface area contributed by atoms with Crippen molar-refractivity contribution in [1.82, 2.24) is 0 Å². The first kappa shape index (κ1) is 14.3. The van der Waals surface area contributed by atoms with Gasteiger partial charge in [0.05, 0.1) is 4.92 Å². The molecule has 0 fully saturated rings. The van der Waals surface area contributed by atoms with Crippen LogP contribution in [0.2, 0.25) is 0 Å². The lowest BCUT2D eigenvalue weighted by Crippen LogP contribution is -2.23. The first-order valence-corrected chi connectivity index (χ1v) is 6.55. The molecule has 0 heterocycles. The zero-order valence-corrected chi connectivity index (χ0v) is 10.8. The third kappa shape index (κ3) is 3.13. The molecule has 1 N–H and O–H groups in total. The van der Waals surface area contributed by atoms with E-state index >= 15 is 0 Å². The molecule has 0 amide bonds. The minimum absolute atomic E-state index is 0.000972. The zero-order valence-electron chi connectivity index (χ0n) is 9.95. The molecule has 1 rings (SSSR count). The summed E-state index contributed by atoms with van der Waals surface area (Å²) in [6.45, 7) is 2.92. The number of hydrogen-bond acceptors (Lipinski definition) is 4. The zero-order chi connectivity index (χ0) is 13.9. The highest BCUT2D eigenvalue weighted by molar-refractivity contribution is 7.85. The van der Waals surface area contributed by atoms with E-state index in [4.69, 9.17) is 5.11 Å². The molecule has 0 saturated carbocycles. The molecule has 6 nitrogen and oxygen atoms in total. The second kappa shape index (κ2) is 5.72. The van der Waals surface area contributed by atoms with E-state index in [1.54, 1.807) is 13.0 Å². The van der Waals surface area contributed by atoms with Gasteiger partial charge in [-0.05, 0) is 19.4 Å². The van der Waals surface area contributed by atoms with E-state index in [1.165, 1.54) is 19.1 Å². The highest BCUT2D eigenvalue weighted by Gasteiger charge is 2.21. The Labute approximate surface area is 106 Å². The van der Waals surface area contributed by atoms with Crippen LogP contribution in [0.15, 0.2) is 18.2 Å². The van der Waals surface area contributed by atoms with Gasteiger partial charge in [0.1, 0.15) is 5.25 Å². The Morgan fingerprint density at radius 3 is 2.67 bits per heavy atom. The van der Waals surface area contributed by atoms with E-state index < -0.39 is 26.9 Å². The Bertz CT molecular complexity index is 514. The summed E-state index contributed by atoms with van der Waals surface area (Å²) in [4.78, 5) is 20.9. The van der Waals surface area contributed by atoms with Crippen LogP contribution in [-0.4, -0.2) is 25.5 Å². The second-order valence-electron chi connectivity index (χ2n) is 3.82. The van der Waals surface area contributed by atoms with E-state index in [1.807, 2.05) is 0 Å². The van der Waals surface area contributed by atoms with Crippen LogP contribution in [0.5, 0.6) is 0 Å². The van der Waals surface area contributed by atoms with Gasteiger partial charge in [-0.15, -0.1) is 0 Å². The van der Waals surface area contributed by atoms with Gasteiger partial charge in [-0.1, -0.05) is 12.1 Å². The summed E-state index contributed by atoms with van der Waals surface area (Å²) in [7, 11) is -1.60. The molecular formula is C11H13NO5S. The number of nitrogens with zero attached hydrogens (tertiary/aromatic N) is 1. The van der Waals surface area contributed by atoms with Gasteiger partial charge in [-0.25, -0.2) is 0 Å². The highest BCUT2D eigenvalue weighted by Crippen LogP contribution is 2.22. The third-order valence-electron chi connectivity index (χ3n) is 2.65. The van der Waals surface area contributed by atoms with Crippen molar-refractivity contribution in [3.63, 3.8) is 0 Å². The summed E-state index contributed by atoms with van der Waals surface area (Å²) in [5, 5.41) is 18.5. The number of carbonyl (C=O) groups is 1. The van der Waals surface area contributed by atoms with Crippen molar-refractivity contribution in [3.8, 4) is 0 Å². The molecule has 98 valence electrons. The summed E-state index contributed by atoms with van der Waals surface area (Å²) < 4.78 is 11.7. The molecular weight excluding hydrogens is 258 g/mol. The van der Waals surface area contributed by atoms with Gasteiger partial charge in [-0.2, -0.15) is 0 Å². The molecule has 18 heavy (non-hydrogen) atoms. The number of hydrogen-bond donors (Lipinski definition) is 1. The van der Waals surface area contributed by atoms with Crippen molar-refractivity contribution in [1.29, 1.82) is 0 Å². The normalized spacial score (nSPS) is 13.9. The monoisotopic (exact) mass is 271 g/mol. The molecule has 1 aromatic carbocycles. The maximum atomic E-state index is 11.7. The molecule has 0 aliphatic rings. The molecule has 0 aromatic heterocycles. The quantitative estimate of drug-likeness (QED) is 0.648. The summed E-state index contributed by atoms with van der Waals surface area (Å²) in [6, 6.07) is 4.49. The SMILES string of the molecule is Cc1c(CS(=O)C(C)C(=O)O)cccc1[N+](=O)[O-]. The van der Waals surface area contributed by atoms with Gasteiger partial charge >= 0.3 is 5.97 Å². The van der Waals surface area contributed by atoms with Crippen molar-refractivity contribution in [3.05, 3.63) is 39.4 Å². The van der Waals surface area contributed by atoms with Gasteiger partial charge < -0.3 is 5.11 Å². The molecule has 2 atom stereocenters. The Balaban J connectivity index is 2.99. The van der Waals surface area contributed by atoms with Crippen LogP contribution >= 0.6 is 0 Å². The number of carboxylic acids is 1. The number of carboxylic acid groups (broad SMARTS) is 1. The van der Waals surface area contributed by atoms with Gasteiger partial charge in [0.15, 0.2) is 0 Å². The molecule has 2 unspecified atom stereocenters. The Hall–Kier alpha value is -1.76. The van der Waals surface area contributed by atoms with Crippen LogP contribution < -0.4 is 0 Å². The Kier molecular flexibility index (Phi) is 4.55. The summed E-state index contributed by atoms with van der Waals surface area (Å²) in [5.74, 6) is -1.14. The molecule has 1 aromatic rings. The standard InChI is InChI=1S/C11H13NO5S/c1-7-9(4-3-5-10(7)12(15)16)6-18(17)8(2)11(13)14/h3-5,8H,6H2,1-2H3,(H,13,14). The number of rotatable bonds is 5. The fourth-order valence-electron chi connectivity index (χ4n) is 1.41. The number of benzene rings is 1. The smallest absolute Gasteiger partial charge is 0.318 e. The van der Waals surface area contributed by atoms with E-state index in [-0.39, 0.29) is 11.4 Å². The average Bonchev–Trinajstić information content (AvgIpc) is 2.30. The van der Waals surface area contributed by atoms with Crippen LogP contribution in [0, 0.1) is 17.0 Å². The predicted molar refractivity (Wildman–Crippen MR) is 66.8 cm³/mol. The third-order valence-corrected chi connectivity index (χ3v) is 4.24. The van der Waals surface area contributed by atoms with E-state index in [0.717, 1.165) is 0 Å². The maximum absolute atomic E-state index is 11.7. The second-order valence-corrected chi connectivity index (χ2v) is 5.58. The van der Waals surface area contributed by atoms with Gasteiger partial charge in [0.2, 0.25) is 0 Å². The lowest BCUT2D eigenvalue weighted by atomic mass is 10.1. The van der Waals surface area contributed by atoms with Crippen molar-refractivity contribution >= 4 is 22.5 Å². The van der Waals surface area contributed by atoms with E-state index in [2.05, 4.69) is 0 Å². The van der Waals surface area contributed by atoms with Gasteiger partial charge in [0, 0.05) is 28.2 Å². The number of nitro benzene ring substituents is 1. The molecule has 0 saturated heterocycles. The lowest BCUT2D eigenvalue weighted by Gasteiger charge is -2.09. The summed E-state index contributed by atoms with van der Waals surface area (Å²) >= 11 is 0. The number of aliphatic carboxylic acids is 1. The van der Waals surface area contributed by atoms with Crippen LogP contribution in [0.25, 0.3) is 0 Å². The van der Waals surface area contributed by atoms with E-state index in [9.17, 15) is 19.1 Å². The van der Waals surface area contributed by atoms with Crippen molar-refractivity contribution in [2.75, 3.05) is 0 Å². The van der Waals surface area contributed by atoms with Crippen molar-refractivity contribution in [2.45, 2.75) is 24.9 Å². The number of nitro groups is 1.